The summed E-state index contributed by atoms with van der Waals surface area (Å²) >= 11 is 5.91. The van der Waals surface area contributed by atoms with Gasteiger partial charge in [-0.05, 0) is 24.3 Å². The molecule has 1 aromatic heterocycles. The molecule has 0 saturated heterocycles. The number of hydrogen-bond donors (Lipinski definition) is 2. The summed E-state index contributed by atoms with van der Waals surface area (Å²) in [7, 11) is 0. The quantitative estimate of drug-likeness (QED) is 0.811. The van der Waals surface area contributed by atoms with E-state index in [0.717, 1.165) is 6.42 Å². The van der Waals surface area contributed by atoms with Crippen LogP contribution in [0.5, 0.6) is 0 Å². The lowest BCUT2D eigenvalue weighted by Crippen LogP contribution is -2.31. The first-order chi connectivity index (χ1) is 9.40. The van der Waals surface area contributed by atoms with Crippen molar-refractivity contribution in [2.45, 2.75) is 26.7 Å². The van der Waals surface area contributed by atoms with Gasteiger partial charge in [-0.25, -0.2) is 0 Å². The van der Waals surface area contributed by atoms with Gasteiger partial charge in [0.2, 0.25) is 0 Å². The van der Waals surface area contributed by atoms with Gasteiger partial charge in [0.25, 0.3) is 5.91 Å². The highest BCUT2D eigenvalue weighted by Gasteiger charge is 2.17. The predicted octanol–water partition coefficient (Wildman–Crippen LogP) is 2.60. The molecule has 110 valence electrons. The largest absolute Gasteiger partial charge is 0.481 e. The molecule has 1 rings (SSSR count). The number of aliphatic carboxylic acids is 1. The van der Waals surface area contributed by atoms with Crippen LogP contribution in [0, 0.1) is 11.8 Å². The number of carboxylic acid groups (broad SMARTS) is 1. The second-order valence-corrected chi connectivity index (χ2v) is 5.57. The van der Waals surface area contributed by atoms with E-state index in [0.29, 0.717) is 23.0 Å². The molecular formula is C14H19ClN2O3. The van der Waals surface area contributed by atoms with Crippen molar-refractivity contribution in [3.63, 3.8) is 0 Å². The van der Waals surface area contributed by atoms with Crippen molar-refractivity contribution in [3.8, 4) is 0 Å². The van der Waals surface area contributed by atoms with E-state index in [4.69, 9.17) is 16.7 Å². The van der Waals surface area contributed by atoms with Crippen LogP contribution in [0.15, 0.2) is 18.5 Å². The van der Waals surface area contributed by atoms with Gasteiger partial charge in [0, 0.05) is 25.4 Å². The first-order valence-electron chi connectivity index (χ1n) is 6.49. The molecule has 1 aromatic rings. The highest BCUT2D eigenvalue weighted by molar-refractivity contribution is 6.33. The maximum Gasteiger partial charge on any atom is 0.303 e. The zero-order chi connectivity index (χ0) is 15.1. The molecule has 20 heavy (non-hydrogen) atoms. The Morgan fingerprint density at radius 3 is 2.70 bits per heavy atom. The zero-order valence-corrected chi connectivity index (χ0v) is 12.4. The molecule has 0 radical (unpaired) electrons. The number of halogens is 1. The summed E-state index contributed by atoms with van der Waals surface area (Å²) in [5.41, 5.74) is 0.299. The highest BCUT2D eigenvalue weighted by Crippen LogP contribution is 2.16. The highest BCUT2D eigenvalue weighted by atomic mass is 35.5. The van der Waals surface area contributed by atoms with E-state index in [1.807, 2.05) is 13.8 Å². The van der Waals surface area contributed by atoms with Crippen molar-refractivity contribution in [3.05, 3.63) is 29.0 Å². The Labute approximate surface area is 123 Å². The lowest BCUT2D eigenvalue weighted by Gasteiger charge is -2.17. The fourth-order valence-electron chi connectivity index (χ4n) is 2.03. The molecule has 0 aliphatic heterocycles. The first kappa shape index (κ1) is 16.4. The summed E-state index contributed by atoms with van der Waals surface area (Å²) in [4.78, 5) is 26.6. The normalized spacial score (nSPS) is 12.2. The third kappa shape index (κ3) is 5.57. The van der Waals surface area contributed by atoms with Crippen LogP contribution in [0.25, 0.3) is 0 Å². The van der Waals surface area contributed by atoms with Crippen LogP contribution < -0.4 is 5.32 Å². The average Bonchev–Trinajstić information content (AvgIpc) is 2.34. The van der Waals surface area contributed by atoms with Crippen LogP contribution >= 0.6 is 11.6 Å². The van der Waals surface area contributed by atoms with Crippen LogP contribution in [-0.2, 0) is 4.79 Å². The SMILES string of the molecule is CC(C)C[C@H](CNC(=O)c1cnccc1Cl)CC(=O)O. The smallest absolute Gasteiger partial charge is 0.303 e. The lowest BCUT2D eigenvalue weighted by molar-refractivity contribution is -0.138. The van der Waals surface area contributed by atoms with Crippen molar-refractivity contribution in [1.82, 2.24) is 10.3 Å². The molecule has 0 aliphatic carbocycles. The van der Waals surface area contributed by atoms with E-state index in [9.17, 15) is 9.59 Å². The number of rotatable bonds is 7. The molecule has 1 heterocycles. The zero-order valence-electron chi connectivity index (χ0n) is 11.6. The molecule has 0 unspecified atom stereocenters. The fraction of sp³-hybridized carbons (Fsp3) is 0.500. The molecule has 1 amide bonds. The molecule has 6 heteroatoms. The van der Waals surface area contributed by atoms with Gasteiger partial charge in [0.15, 0.2) is 0 Å². The lowest BCUT2D eigenvalue weighted by atomic mass is 9.94. The third-order valence-corrected chi connectivity index (χ3v) is 3.16. The van der Waals surface area contributed by atoms with Crippen LogP contribution in [0.2, 0.25) is 5.02 Å². The summed E-state index contributed by atoms with van der Waals surface area (Å²) < 4.78 is 0. The number of hydrogen-bond acceptors (Lipinski definition) is 3. The Kier molecular flexibility index (Phi) is 6.45. The minimum atomic E-state index is -0.857. The number of nitrogens with zero attached hydrogens (tertiary/aromatic N) is 1. The van der Waals surface area contributed by atoms with Gasteiger partial charge in [-0.1, -0.05) is 25.4 Å². The molecule has 0 spiro atoms. The van der Waals surface area contributed by atoms with Crippen molar-refractivity contribution in [2.24, 2.45) is 11.8 Å². The minimum Gasteiger partial charge on any atom is -0.481 e. The van der Waals surface area contributed by atoms with Gasteiger partial charge in [-0.3, -0.25) is 14.6 Å². The number of amides is 1. The molecular weight excluding hydrogens is 280 g/mol. The molecule has 0 bridgehead atoms. The Bertz CT molecular complexity index is 477. The number of carbonyl (C=O) groups excluding carboxylic acids is 1. The van der Waals surface area contributed by atoms with E-state index in [2.05, 4.69) is 10.3 Å². The maximum absolute atomic E-state index is 12.0. The Hall–Kier alpha value is -1.62. The third-order valence-electron chi connectivity index (χ3n) is 2.83. The standard InChI is InChI=1S/C14H19ClN2O3/c1-9(2)5-10(6-13(18)19)7-17-14(20)11-8-16-4-3-12(11)15/h3-4,8-10H,5-7H2,1-2H3,(H,17,20)(H,18,19)/t10-/m0/s1. The molecule has 0 saturated carbocycles. The number of carboxylic acids is 1. The fourth-order valence-corrected chi connectivity index (χ4v) is 2.22. The Balaban J connectivity index is 2.60. The van der Waals surface area contributed by atoms with Gasteiger partial charge < -0.3 is 10.4 Å². The summed E-state index contributed by atoms with van der Waals surface area (Å²) in [6.45, 7) is 4.36. The maximum atomic E-state index is 12.0. The minimum absolute atomic E-state index is 0.0409. The number of pyridine rings is 1. The number of carbonyl (C=O) groups is 2. The topological polar surface area (TPSA) is 79.3 Å². The van der Waals surface area contributed by atoms with Crippen molar-refractivity contribution in [1.29, 1.82) is 0 Å². The molecule has 0 aliphatic rings. The molecule has 5 nitrogen and oxygen atoms in total. The monoisotopic (exact) mass is 298 g/mol. The second-order valence-electron chi connectivity index (χ2n) is 5.16. The van der Waals surface area contributed by atoms with Crippen LogP contribution in [0.1, 0.15) is 37.0 Å². The number of nitrogens with one attached hydrogen (secondary N) is 1. The van der Waals surface area contributed by atoms with E-state index in [1.165, 1.54) is 12.4 Å². The van der Waals surface area contributed by atoms with Gasteiger partial charge >= 0.3 is 5.97 Å². The second kappa shape index (κ2) is 7.85. The number of aromatic nitrogens is 1. The van der Waals surface area contributed by atoms with Crippen molar-refractivity contribution >= 4 is 23.5 Å². The average molecular weight is 299 g/mol. The summed E-state index contributed by atoms with van der Waals surface area (Å²) in [5, 5.41) is 11.9. The van der Waals surface area contributed by atoms with Crippen LogP contribution in [-0.4, -0.2) is 28.5 Å². The summed E-state index contributed by atoms with van der Waals surface area (Å²) in [5.74, 6) is -0.906. The van der Waals surface area contributed by atoms with Gasteiger partial charge in [-0.2, -0.15) is 0 Å². The van der Waals surface area contributed by atoms with Gasteiger partial charge in [0.05, 0.1) is 10.6 Å². The van der Waals surface area contributed by atoms with Crippen LogP contribution in [0.4, 0.5) is 0 Å². The molecule has 0 aromatic carbocycles. The molecule has 2 N–H and O–H groups in total. The first-order valence-corrected chi connectivity index (χ1v) is 6.87. The van der Waals surface area contributed by atoms with E-state index in [-0.39, 0.29) is 18.2 Å². The van der Waals surface area contributed by atoms with E-state index < -0.39 is 5.97 Å². The Morgan fingerprint density at radius 1 is 1.45 bits per heavy atom. The summed E-state index contributed by atoms with van der Waals surface area (Å²) in [6.07, 6.45) is 3.68. The van der Waals surface area contributed by atoms with E-state index >= 15 is 0 Å². The van der Waals surface area contributed by atoms with Crippen molar-refractivity contribution < 1.29 is 14.7 Å². The predicted molar refractivity (Wildman–Crippen MR) is 76.8 cm³/mol. The summed E-state index contributed by atoms with van der Waals surface area (Å²) in [6, 6.07) is 1.54. The van der Waals surface area contributed by atoms with Gasteiger partial charge in [0.1, 0.15) is 0 Å². The molecule has 0 fully saturated rings. The Morgan fingerprint density at radius 2 is 2.15 bits per heavy atom. The molecule has 1 atom stereocenters. The van der Waals surface area contributed by atoms with E-state index in [1.54, 1.807) is 6.07 Å². The van der Waals surface area contributed by atoms with Gasteiger partial charge in [-0.15, -0.1) is 0 Å². The van der Waals surface area contributed by atoms with Crippen molar-refractivity contribution in [2.75, 3.05) is 6.54 Å². The van der Waals surface area contributed by atoms with Crippen LogP contribution in [0.3, 0.4) is 0 Å².